The first-order valence-corrected chi connectivity index (χ1v) is 8.87. The number of hydrogen-bond acceptors (Lipinski definition) is 5. The molecule has 29 heavy (non-hydrogen) atoms. The highest BCUT2D eigenvalue weighted by Gasteiger charge is 2.45. The van der Waals surface area contributed by atoms with E-state index in [2.05, 4.69) is 4.98 Å². The molecule has 1 aliphatic carbocycles. The highest BCUT2D eigenvalue weighted by molar-refractivity contribution is 5.93. The third-order valence-corrected chi connectivity index (χ3v) is 4.52. The van der Waals surface area contributed by atoms with Gasteiger partial charge in [0, 0.05) is 0 Å². The van der Waals surface area contributed by atoms with Gasteiger partial charge in [-0.1, -0.05) is 0 Å². The van der Waals surface area contributed by atoms with Crippen LogP contribution in [0, 0.1) is 5.92 Å². The van der Waals surface area contributed by atoms with Crippen LogP contribution in [0.15, 0.2) is 12.1 Å². The van der Waals surface area contributed by atoms with E-state index in [4.69, 9.17) is 10.5 Å². The highest BCUT2D eigenvalue weighted by atomic mass is 19.4. The molecular weight excluding hydrogens is 403 g/mol. The second kappa shape index (κ2) is 7.64. The zero-order chi connectivity index (χ0) is 21.4. The Bertz CT molecular complexity index is 790. The van der Waals surface area contributed by atoms with E-state index in [1.807, 2.05) is 0 Å². The predicted molar refractivity (Wildman–Crippen MR) is 90.7 cm³/mol. The molecule has 1 saturated carbocycles. The smallest absolute Gasteiger partial charge is 0.409 e. The number of ether oxygens (including phenoxy) is 1. The Balaban J connectivity index is 1.77. The molecule has 2 fully saturated rings. The molecule has 0 radical (unpaired) electrons. The quantitative estimate of drug-likeness (QED) is 0.624. The number of hydrogen-bond donors (Lipinski definition) is 2. The summed E-state index contributed by atoms with van der Waals surface area (Å²) < 4.78 is 70.9. The monoisotopic (exact) mass is 422 g/mol. The molecule has 1 aromatic heterocycles. The van der Waals surface area contributed by atoms with E-state index in [1.165, 1.54) is 11.0 Å². The number of anilines is 1. The molecule has 1 aromatic rings. The average Bonchev–Trinajstić information content (AvgIpc) is 3.40. The van der Waals surface area contributed by atoms with Crippen LogP contribution in [0.1, 0.15) is 29.8 Å². The summed E-state index contributed by atoms with van der Waals surface area (Å²) in [6.07, 6.45) is -4.13. The van der Waals surface area contributed by atoms with Crippen LogP contribution in [0.2, 0.25) is 0 Å². The molecule has 3 N–H and O–H groups in total. The summed E-state index contributed by atoms with van der Waals surface area (Å²) in [6, 6.07) is -0.0577. The number of nitrogens with two attached hydrogens (primary N) is 1. The maximum atomic E-state index is 13.2. The first-order chi connectivity index (χ1) is 13.4. The van der Waals surface area contributed by atoms with Gasteiger partial charge in [-0.25, -0.2) is 13.8 Å². The Morgan fingerprint density at radius 3 is 2.48 bits per heavy atom. The van der Waals surface area contributed by atoms with Crippen molar-refractivity contribution >= 4 is 17.5 Å². The highest BCUT2D eigenvalue weighted by Crippen LogP contribution is 2.38. The van der Waals surface area contributed by atoms with Gasteiger partial charge in [-0.2, -0.15) is 13.2 Å². The van der Waals surface area contributed by atoms with Crippen molar-refractivity contribution in [3.8, 4) is 5.88 Å². The number of alkyl halides is 5. The standard InChI is InChI=1S/C17H19F5N4O3/c18-16(19)7-26(8-16)11-4-3-10(24-15(11)29-6-9-1-2-9)14(28)25-12(5-13(23)27)17(20,21)22/h3-4,9,12H,1-2,5-8H2,(H2,23,27)(H,25,28). The van der Waals surface area contributed by atoms with Crippen molar-refractivity contribution in [2.45, 2.75) is 37.4 Å². The van der Waals surface area contributed by atoms with Gasteiger partial charge in [0.1, 0.15) is 17.4 Å². The molecule has 2 aliphatic rings. The normalized spacial score (nSPS) is 19.3. The number of nitrogens with zero attached hydrogens (tertiary/aromatic N) is 2. The Kier molecular flexibility index (Phi) is 5.54. The fraction of sp³-hybridized carbons (Fsp3) is 0.588. The summed E-state index contributed by atoms with van der Waals surface area (Å²) in [5.74, 6) is -5.07. The molecule has 0 bridgehead atoms. The number of aromatic nitrogens is 1. The van der Waals surface area contributed by atoms with Crippen molar-refractivity contribution in [2.24, 2.45) is 11.7 Å². The Labute approximate surface area is 162 Å². The minimum absolute atomic E-state index is 0.0986. The lowest BCUT2D eigenvalue weighted by Gasteiger charge is -2.40. The van der Waals surface area contributed by atoms with Crippen molar-refractivity contribution in [1.82, 2.24) is 10.3 Å². The molecular formula is C17H19F5N4O3. The van der Waals surface area contributed by atoms with Crippen LogP contribution in [-0.2, 0) is 4.79 Å². The lowest BCUT2D eigenvalue weighted by Crippen LogP contribution is -2.56. The van der Waals surface area contributed by atoms with E-state index < -0.39 is 55.2 Å². The first-order valence-electron chi connectivity index (χ1n) is 8.87. The van der Waals surface area contributed by atoms with Crippen LogP contribution in [0.4, 0.5) is 27.6 Å². The second-order valence-corrected chi connectivity index (χ2v) is 7.23. The van der Waals surface area contributed by atoms with Gasteiger partial charge in [0.2, 0.25) is 11.8 Å². The van der Waals surface area contributed by atoms with Gasteiger partial charge in [-0.05, 0) is 30.9 Å². The van der Waals surface area contributed by atoms with Crippen molar-refractivity contribution < 1.29 is 36.3 Å². The van der Waals surface area contributed by atoms with Crippen LogP contribution in [-0.4, -0.2) is 54.6 Å². The van der Waals surface area contributed by atoms with Crippen LogP contribution in [0.3, 0.4) is 0 Å². The van der Waals surface area contributed by atoms with Gasteiger partial charge in [0.05, 0.1) is 26.1 Å². The predicted octanol–water partition coefficient (Wildman–Crippen LogP) is 1.86. The molecule has 1 atom stereocenters. The first kappa shape index (κ1) is 21.1. The van der Waals surface area contributed by atoms with E-state index in [0.29, 0.717) is 5.92 Å². The molecule has 1 saturated heterocycles. The van der Waals surface area contributed by atoms with Crippen molar-refractivity contribution in [3.63, 3.8) is 0 Å². The zero-order valence-corrected chi connectivity index (χ0v) is 15.1. The number of carbonyl (C=O) groups excluding carboxylic acids is 2. The zero-order valence-electron chi connectivity index (χ0n) is 15.1. The number of nitrogens with one attached hydrogen (secondary N) is 1. The second-order valence-electron chi connectivity index (χ2n) is 7.23. The molecule has 160 valence electrons. The fourth-order valence-corrected chi connectivity index (χ4v) is 2.75. The molecule has 1 aliphatic heterocycles. The summed E-state index contributed by atoms with van der Waals surface area (Å²) in [7, 11) is 0. The van der Waals surface area contributed by atoms with Crippen molar-refractivity contribution in [1.29, 1.82) is 0 Å². The number of amides is 2. The van der Waals surface area contributed by atoms with Gasteiger partial charge in [0.25, 0.3) is 11.8 Å². The van der Waals surface area contributed by atoms with Gasteiger partial charge in [-0.3, -0.25) is 9.59 Å². The molecule has 3 rings (SSSR count). The summed E-state index contributed by atoms with van der Waals surface area (Å²) in [6.45, 7) is -0.828. The molecule has 2 amide bonds. The topological polar surface area (TPSA) is 97.5 Å². The van der Waals surface area contributed by atoms with Gasteiger partial charge >= 0.3 is 6.18 Å². The van der Waals surface area contributed by atoms with Gasteiger partial charge < -0.3 is 20.7 Å². The largest absolute Gasteiger partial charge is 0.476 e. The van der Waals surface area contributed by atoms with Gasteiger partial charge in [0.15, 0.2) is 0 Å². The Morgan fingerprint density at radius 1 is 1.31 bits per heavy atom. The van der Waals surface area contributed by atoms with Crippen molar-refractivity contribution in [3.05, 3.63) is 17.8 Å². The number of pyridine rings is 1. The Hall–Kier alpha value is -2.66. The molecule has 0 aromatic carbocycles. The van der Waals surface area contributed by atoms with Crippen LogP contribution < -0.4 is 20.7 Å². The third-order valence-electron chi connectivity index (χ3n) is 4.52. The van der Waals surface area contributed by atoms with E-state index in [9.17, 15) is 31.5 Å². The van der Waals surface area contributed by atoms with E-state index in [0.717, 1.165) is 18.9 Å². The summed E-state index contributed by atoms with van der Waals surface area (Å²) >= 11 is 0. The lowest BCUT2D eigenvalue weighted by molar-refractivity contribution is -0.158. The maximum absolute atomic E-state index is 13.2. The maximum Gasteiger partial charge on any atom is 0.409 e. The van der Waals surface area contributed by atoms with Crippen LogP contribution in [0.25, 0.3) is 0 Å². The summed E-state index contributed by atoms with van der Waals surface area (Å²) in [5, 5.41) is 1.68. The minimum atomic E-state index is -4.89. The fourth-order valence-electron chi connectivity index (χ4n) is 2.75. The molecule has 7 nitrogen and oxygen atoms in total. The summed E-state index contributed by atoms with van der Waals surface area (Å²) in [4.78, 5) is 28.3. The van der Waals surface area contributed by atoms with Crippen LogP contribution in [0.5, 0.6) is 5.88 Å². The van der Waals surface area contributed by atoms with E-state index in [-0.39, 0.29) is 18.2 Å². The minimum Gasteiger partial charge on any atom is -0.476 e. The van der Waals surface area contributed by atoms with E-state index in [1.54, 1.807) is 5.32 Å². The average molecular weight is 422 g/mol. The number of halogens is 5. The van der Waals surface area contributed by atoms with Gasteiger partial charge in [-0.15, -0.1) is 0 Å². The molecule has 2 heterocycles. The molecule has 0 spiro atoms. The molecule has 12 heteroatoms. The third kappa shape index (κ3) is 5.45. The Morgan fingerprint density at radius 2 is 1.97 bits per heavy atom. The number of carbonyl (C=O) groups is 2. The SMILES string of the molecule is NC(=O)CC(NC(=O)c1ccc(N2CC(F)(F)C2)c(OCC2CC2)n1)C(F)(F)F. The summed E-state index contributed by atoms with van der Waals surface area (Å²) in [5.41, 5.74) is 4.64. The van der Waals surface area contributed by atoms with Crippen LogP contribution >= 0.6 is 0 Å². The van der Waals surface area contributed by atoms with Crippen molar-refractivity contribution in [2.75, 3.05) is 24.6 Å². The lowest BCUT2D eigenvalue weighted by atomic mass is 10.1. The number of primary amides is 1. The van der Waals surface area contributed by atoms with E-state index >= 15 is 0 Å². The molecule has 1 unspecified atom stereocenters. The number of rotatable bonds is 8.